The van der Waals surface area contributed by atoms with Gasteiger partial charge in [0.25, 0.3) is 5.91 Å². The number of nitrogens with one attached hydrogen (secondary N) is 1. The molecule has 2 aromatic carbocycles. The number of anilines is 2. The second-order valence-electron chi connectivity index (χ2n) is 5.96. The van der Waals surface area contributed by atoms with Gasteiger partial charge in [-0.1, -0.05) is 15.9 Å². The minimum absolute atomic E-state index is 0.274. The zero-order valence-corrected chi connectivity index (χ0v) is 16.8. The van der Waals surface area contributed by atoms with Gasteiger partial charge in [0, 0.05) is 33.8 Å². The first-order chi connectivity index (χ1) is 12.9. The number of aryl methyl sites for hydroxylation is 1. The lowest BCUT2D eigenvalue weighted by Crippen LogP contribution is -2.26. The number of rotatable bonds is 4. The SMILES string of the molecule is CCOC(=O)N(C)c1ccc(NC(=O)c2oc3ccc(Br)cc3c2C)cc1. The van der Waals surface area contributed by atoms with Crippen LogP contribution < -0.4 is 10.2 Å². The van der Waals surface area contributed by atoms with Gasteiger partial charge in [-0.15, -0.1) is 0 Å². The summed E-state index contributed by atoms with van der Waals surface area (Å²) in [7, 11) is 1.63. The number of fused-ring (bicyclic) bond motifs is 1. The van der Waals surface area contributed by atoms with Gasteiger partial charge in [0.1, 0.15) is 5.58 Å². The number of carbonyl (C=O) groups is 2. The number of ether oxygens (including phenoxy) is 1. The molecule has 6 nitrogen and oxygen atoms in total. The smallest absolute Gasteiger partial charge is 0.413 e. The average Bonchev–Trinajstić information content (AvgIpc) is 2.98. The van der Waals surface area contributed by atoms with Crippen molar-refractivity contribution in [3.8, 4) is 0 Å². The van der Waals surface area contributed by atoms with Crippen molar-refractivity contribution in [3.63, 3.8) is 0 Å². The highest BCUT2D eigenvalue weighted by Crippen LogP contribution is 2.28. The van der Waals surface area contributed by atoms with Crippen molar-refractivity contribution in [2.75, 3.05) is 23.9 Å². The first kappa shape index (κ1) is 19.0. The lowest BCUT2D eigenvalue weighted by Gasteiger charge is -2.16. The molecule has 1 aromatic heterocycles. The largest absolute Gasteiger partial charge is 0.451 e. The van der Waals surface area contributed by atoms with Crippen molar-refractivity contribution in [1.29, 1.82) is 0 Å². The van der Waals surface area contributed by atoms with Crippen LogP contribution in [-0.2, 0) is 4.74 Å². The van der Waals surface area contributed by atoms with E-state index in [9.17, 15) is 9.59 Å². The molecule has 0 bridgehead atoms. The van der Waals surface area contributed by atoms with Gasteiger partial charge in [-0.25, -0.2) is 4.79 Å². The second kappa shape index (κ2) is 7.84. The summed E-state index contributed by atoms with van der Waals surface area (Å²) in [6.45, 7) is 3.92. The van der Waals surface area contributed by atoms with Crippen LogP contribution >= 0.6 is 15.9 Å². The molecule has 0 aliphatic rings. The van der Waals surface area contributed by atoms with Crippen LogP contribution in [0.5, 0.6) is 0 Å². The Morgan fingerprint density at radius 3 is 2.56 bits per heavy atom. The number of nitrogens with zero attached hydrogens (tertiary/aromatic N) is 1. The van der Waals surface area contributed by atoms with Crippen LogP contribution in [0.25, 0.3) is 11.0 Å². The van der Waals surface area contributed by atoms with Gasteiger partial charge in [-0.2, -0.15) is 0 Å². The third-order valence-corrected chi connectivity index (χ3v) is 4.65. The van der Waals surface area contributed by atoms with Crippen LogP contribution in [0.4, 0.5) is 16.2 Å². The third-order valence-electron chi connectivity index (χ3n) is 4.16. The van der Waals surface area contributed by atoms with E-state index in [1.807, 2.05) is 25.1 Å². The van der Waals surface area contributed by atoms with Gasteiger partial charge in [0.2, 0.25) is 0 Å². The summed E-state index contributed by atoms with van der Waals surface area (Å²) < 4.78 is 11.6. The summed E-state index contributed by atoms with van der Waals surface area (Å²) >= 11 is 3.43. The fourth-order valence-electron chi connectivity index (χ4n) is 2.69. The van der Waals surface area contributed by atoms with E-state index in [0.29, 0.717) is 23.6 Å². The van der Waals surface area contributed by atoms with E-state index >= 15 is 0 Å². The van der Waals surface area contributed by atoms with Crippen LogP contribution in [0, 0.1) is 6.92 Å². The van der Waals surface area contributed by atoms with Gasteiger partial charge < -0.3 is 14.5 Å². The Labute approximate surface area is 165 Å². The molecule has 0 fully saturated rings. The molecular formula is C20H19BrN2O4. The first-order valence-corrected chi connectivity index (χ1v) is 9.20. The highest BCUT2D eigenvalue weighted by molar-refractivity contribution is 9.10. The fraction of sp³-hybridized carbons (Fsp3) is 0.200. The highest BCUT2D eigenvalue weighted by Gasteiger charge is 2.18. The Kier molecular flexibility index (Phi) is 5.51. The zero-order chi connectivity index (χ0) is 19.6. The van der Waals surface area contributed by atoms with Crippen LogP contribution in [0.1, 0.15) is 23.0 Å². The Morgan fingerprint density at radius 2 is 1.89 bits per heavy atom. The number of halogens is 1. The number of furan rings is 1. The molecule has 3 aromatic rings. The molecule has 7 heteroatoms. The monoisotopic (exact) mass is 430 g/mol. The quantitative estimate of drug-likeness (QED) is 0.605. The van der Waals surface area contributed by atoms with E-state index in [1.54, 1.807) is 38.2 Å². The topological polar surface area (TPSA) is 71.8 Å². The normalized spacial score (nSPS) is 10.7. The Bertz CT molecular complexity index is 995. The predicted octanol–water partition coefficient (Wildman–Crippen LogP) is 5.35. The maximum absolute atomic E-state index is 12.6. The van der Waals surface area contributed by atoms with Crippen molar-refractivity contribution in [1.82, 2.24) is 0 Å². The molecule has 1 heterocycles. The van der Waals surface area contributed by atoms with E-state index in [2.05, 4.69) is 21.2 Å². The van der Waals surface area contributed by atoms with E-state index < -0.39 is 6.09 Å². The number of hydrogen-bond acceptors (Lipinski definition) is 4. The van der Waals surface area contributed by atoms with Gasteiger partial charge >= 0.3 is 6.09 Å². The number of amides is 2. The fourth-order valence-corrected chi connectivity index (χ4v) is 3.05. The lowest BCUT2D eigenvalue weighted by atomic mass is 10.1. The van der Waals surface area contributed by atoms with E-state index in [-0.39, 0.29) is 11.7 Å². The number of benzene rings is 2. The maximum atomic E-state index is 12.6. The van der Waals surface area contributed by atoms with Gasteiger partial charge in [-0.3, -0.25) is 9.69 Å². The van der Waals surface area contributed by atoms with E-state index in [1.165, 1.54) is 4.90 Å². The summed E-state index contributed by atoms with van der Waals surface area (Å²) in [6.07, 6.45) is -0.432. The molecule has 140 valence electrons. The molecule has 1 N–H and O–H groups in total. The molecule has 0 atom stereocenters. The Balaban J connectivity index is 1.77. The summed E-state index contributed by atoms with van der Waals surface area (Å²) in [5.74, 6) is -0.0536. The molecular weight excluding hydrogens is 412 g/mol. The van der Waals surface area contributed by atoms with Gasteiger partial charge in [0.15, 0.2) is 5.76 Å². The van der Waals surface area contributed by atoms with Crippen molar-refractivity contribution in [2.45, 2.75) is 13.8 Å². The van der Waals surface area contributed by atoms with Crippen molar-refractivity contribution in [2.24, 2.45) is 0 Å². The second-order valence-corrected chi connectivity index (χ2v) is 6.87. The first-order valence-electron chi connectivity index (χ1n) is 8.41. The maximum Gasteiger partial charge on any atom is 0.413 e. The van der Waals surface area contributed by atoms with Crippen molar-refractivity contribution >= 4 is 50.3 Å². The van der Waals surface area contributed by atoms with Crippen LogP contribution in [-0.4, -0.2) is 25.7 Å². The van der Waals surface area contributed by atoms with Crippen molar-refractivity contribution in [3.05, 3.63) is 58.3 Å². The lowest BCUT2D eigenvalue weighted by molar-refractivity contribution is 0.0998. The number of carbonyl (C=O) groups excluding carboxylic acids is 2. The molecule has 27 heavy (non-hydrogen) atoms. The predicted molar refractivity (Wildman–Crippen MR) is 108 cm³/mol. The van der Waals surface area contributed by atoms with Gasteiger partial charge in [-0.05, 0) is 56.3 Å². The summed E-state index contributed by atoms with van der Waals surface area (Å²) in [5.41, 5.74) is 2.70. The molecule has 0 aliphatic carbocycles. The minimum Gasteiger partial charge on any atom is -0.451 e. The summed E-state index contributed by atoms with van der Waals surface area (Å²) in [5, 5.41) is 3.71. The van der Waals surface area contributed by atoms with E-state index in [4.69, 9.17) is 9.15 Å². The highest BCUT2D eigenvalue weighted by atomic mass is 79.9. The molecule has 0 saturated heterocycles. The summed E-state index contributed by atoms with van der Waals surface area (Å²) in [6, 6.07) is 12.5. The van der Waals surface area contributed by atoms with Crippen molar-refractivity contribution < 1.29 is 18.7 Å². The van der Waals surface area contributed by atoms with Gasteiger partial charge in [0.05, 0.1) is 6.61 Å². The molecule has 0 radical (unpaired) electrons. The molecule has 3 rings (SSSR count). The zero-order valence-electron chi connectivity index (χ0n) is 15.2. The number of hydrogen-bond donors (Lipinski definition) is 1. The van der Waals surface area contributed by atoms with Crippen LogP contribution in [0.2, 0.25) is 0 Å². The average molecular weight is 431 g/mol. The molecule has 2 amide bonds. The molecule has 0 spiro atoms. The standard InChI is InChI=1S/C20H19BrN2O4/c1-4-26-20(25)23(3)15-8-6-14(7-9-15)22-19(24)18-12(2)16-11-13(21)5-10-17(16)27-18/h5-11H,4H2,1-3H3,(H,22,24). The third kappa shape index (κ3) is 3.98. The Morgan fingerprint density at radius 1 is 1.19 bits per heavy atom. The molecule has 0 saturated carbocycles. The molecule has 0 aliphatic heterocycles. The Hall–Kier alpha value is -2.80. The van der Waals surface area contributed by atoms with Crippen LogP contribution in [0.15, 0.2) is 51.4 Å². The summed E-state index contributed by atoms with van der Waals surface area (Å²) in [4.78, 5) is 25.8. The minimum atomic E-state index is -0.432. The van der Waals surface area contributed by atoms with E-state index in [0.717, 1.165) is 15.4 Å². The van der Waals surface area contributed by atoms with Crippen LogP contribution in [0.3, 0.4) is 0 Å². The molecule has 0 unspecified atom stereocenters.